The summed E-state index contributed by atoms with van der Waals surface area (Å²) in [6, 6.07) is 0. The maximum absolute atomic E-state index is 12.8. The fraction of sp³-hybridized carbons (Fsp3) is 0.524. The quantitative estimate of drug-likeness (QED) is 0.518. The Labute approximate surface area is 180 Å². The number of ketones is 2. The highest BCUT2D eigenvalue weighted by Crippen LogP contribution is 2.17. The highest BCUT2D eigenvalue weighted by Gasteiger charge is 2.32. The smallest absolute Gasteiger partial charge is 0.295 e. The van der Waals surface area contributed by atoms with Gasteiger partial charge in [0.2, 0.25) is 0 Å². The molecular weight excluding hydrogens is 400 g/mol. The van der Waals surface area contributed by atoms with Crippen LogP contribution in [-0.2, 0) is 23.7 Å². The zero-order valence-corrected chi connectivity index (χ0v) is 18.9. The van der Waals surface area contributed by atoms with E-state index in [1.807, 2.05) is 0 Å². The van der Waals surface area contributed by atoms with Gasteiger partial charge in [-0.3, -0.25) is 28.5 Å². The summed E-state index contributed by atoms with van der Waals surface area (Å²) in [4.78, 5) is 54.2. The number of hydrogen-bond donors (Lipinski definition) is 0. The summed E-state index contributed by atoms with van der Waals surface area (Å²) >= 11 is 0. The van der Waals surface area contributed by atoms with Gasteiger partial charge in [0, 0.05) is 51.7 Å². The molecule has 2 aromatic rings. The van der Waals surface area contributed by atoms with E-state index in [1.165, 1.54) is 9.80 Å². The van der Waals surface area contributed by atoms with Crippen molar-refractivity contribution in [3.05, 3.63) is 33.9 Å². The van der Waals surface area contributed by atoms with Crippen LogP contribution in [0.25, 0.3) is 0 Å². The van der Waals surface area contributed by atoms with Crippen LogP contribution in [0.5, 0.6) is 0 Å². The first-order valence-corrected chi connectivity index (χ1v) is 10.2. The number of carbonyl (C=O) groups is 4. The lowest BCUT2D eigenvalue weighted by atomic mass is 10.1. The summed E-state index contributed by atoms with van der Waals surface area (Å²) in [6.45, 7) is 7.95. The Morgan fingerprint density at radius 2 is 1.00 bits per heavy atom. The number of amides is 2. The summed E-state index contributed by atoms with van der Waals surface area (Å²) in [6.07, 6.45) is 0.480. The number of aromatic nitrogens is 4. The van der Waals surface area contributed by atoms with E-state index in [2.05, 4.69) is 10.2 Å². The Balaban J connectivity index is 1.71. The van der Waals surface area contributed by atoms with Crippen LogP contribution < -0.4 is 0 Å². The predicted molar refractivity (Wildman–Crippen MR) is 112 cm³/mol. The van der Waals surface area contributed by atoms with Gasteiger partial charge < -0.3 is 9.80 Å². The number of rotatable bonds is 4. The van der Waals surface area contributed by atoms with Crippen LogP contribution in [0.1, 0.15) is 49.9 Å². The Morgan fingerprint density at radius 3 is 1.29 bits per heavy atom. The summed E-state index contributed by atoms with van der Waals surface area (Å²) in [5.41, 5.74) is 2.94. The van der Waals surface area contributed by atoms with E-state index in [9.17, 15) is 19.2 Å². The van der Waals surface area contributed by atoms with Crippen molar-refractivity contribution in [2.75, 3.05) is 26.2 Å². The van der Waals surface area contributed by atoms with E-state index in [0.29, 0.717) is 53.4 Å². The fourth-order valence-electron chi connectivity index (χ4n) is 4.03. The normalized spacial score (nSPS) is 14.5. The lowest BCUT2D eigenvalue weighted by Crippen LogP contribution is -2.42. The molecule has 10 nitrogen and oxygen atoms in total. The molecule has 0 N–H and O–H groups in total. The zero-order valence-electron chi connectivity index (χ0n) is 18.9. The Kier molecular flexibility index (Phi) is 6.10. The van der Waals surface area contributed by atoms with E-state index >= 15 is 0 Å². The largest absolute Gasteiger partial charge is 0.334 e. The molecule has 3 heterocycles. The standard InChI is InChI=1S/C21H28N6O4/c1-12-16(14(3)24(5)22-12)18(28)20(30)26-8-7-9-27(11-10-26)21(31)19(29)17-13(2)23-25(6)15(17)4/h7-11H2,1-6H3. The maximum atomic E-state index is 12.8. The third-order valence-electron chi connectivity index (χ3n) is 5.93. The molecule has 0 saturated carbocycles. The number of Topliss-reactive ketones (excluding diaryl/α,β-unsaturated/α-hetero) is 2. The van der Waals surface area contributed by atoms with Gasteiger partial charge in [0.1, 0.15) is 0 Å². The third kappa shape index (κ3) is 4.01. The molecule has 31 heavy (non-hydrogen) atoms. The van der Waals surface area contributed by atoms with E-state index in [4.69, 9.17) is 0 Å². The average Bonchev–Trinajstić information content (AvgIpc) is 3.01. The number of aryl methyl sites for hydroxylation is 4. The number of carbonyl (C=O) groups excluding carboxylic acids is 4. The molecular formula is C21H28N6O4. The molecule has 0 aliphatic carbocycles. The van der Waals surface area contributed by atoms with Crippen molar-refractivity contribution in [2.24, 2.45) is 14.1 Å². The van der Waals surface area contributed by atoms with Gasteiger partial charge in [-0.25, -0.2) is 0 Å². The molecule has 1 saturated heterocycles. The highest BCUT2D eigenvalue weighted by atomic mass is 16.2. The second-order valence-electron chi connectivity index (χ2n) is 7.94. The minimum absolute atomic E-state index is 0.187. The number of nitrogens with zero attached hydrogens (tertiary/aromatic N) is 6. The summed E-state index contributed by atoms with van der Waals surface area (Å²) in [5, 5.41) is 8.41. The van der Waals surface area contributed by atoms with E-state index < -0.39 is 23.4 Å². The van der Waals surface area contributed by atoms with Gasteiger partial charge >= 0.3 is 0 Å². The lowest BCUT2D eigenvalue weighted by Gasteiger charge is -2.21. The minimum atomic E-state index is -0.612. The first-order valence-electron chi connectivity index (χ1n) is 10.2. The van der Waals surface area contributed by atoms with Gasteiger partial charge in [0.05, 0.1) is 22.5 Å². The SMILES string of the molecule is Cc1nn(C)c(C)c1C(=O)C(=O)N1CCCN(C(=O)C(=O)c2c(C)nn(C)c2C)CC1. The number of hydrogen-bond acceptors (Lipinski definition) is 6. The predicted octanol–water partition coefficient (Wildman–Crippen LogP) is 0.514. The molecule has 0 bridgehead atoms. The van der Waals surface area contributed by atoms with Gasteiger partial charge in [-0.05, 0) is 34.1 Å². The van der Waals surface area contributed by atoms with Crippen LogP contribution in [0.3, 0.4) is 0 Å². The third-order valence-corrected chi connectivity index (χ3v) is 5.93. The van der Waals surface area contributed by atoms with Gasteiger partial charge in [-0.2, -0.15) is 10.2 Å². The average molecular weight is 428 g/mol. The molecule has 0 unspecified atom stereocenters. The molecule has 0 atom stereocenters. The first-order chi connectivity index (χ1) is 14.5. The lowest BCUT2D eigenvalue weighted by molar-refractivity contribution is -0.128. The molecule has 3 rings (SSSR count). The second-order valence-corrected chi connectivity index (χ2v) is 7.94. The van der Waals surface area contributed by atoms with Crippen molar-refractivity contribution in [3.63, 3.8) is 0 Å². The Bertz CT molecular complexity index is 996. The van der Waals surface area contributed by atoms with Crippen molar-refractivity contribution in [1.82, 2.24) is 29.4 Å². The molecule has 2 amide bonds. The van der Waals surface area contributed by atoms with E-state index in [0.717, 1.165) is 0 Å². The van der Waals surface area contributed by atoms with Crippen molar-refractivity contribution in [1.29, 1.82) is 0 Å². The Morgan fingerprint density at radius 1 is 0.645 bits per heavy atom. The van der Waals surface area contributed by atoms with Gasteiger partial charge in [-0.1, -0.05) is 0 Å². The summed E-state index contributed by atoms with van der Waals surface area (Å²) in [5.74, 6) is -2.42. The van der Waals surface area contributed by atoms with Crippen LogP contribution in [0.15, 0.2) is 0 Å². The van der Waals surface area contributed by atoms with Gasteiger partial charge in [-0.15, -0.1) is 0 Å². The summed E-state index contributed by atoms with van der Waals surface area (Å²) in [7, 11) is 3.45. The molecule has 1 aliphatic heterocycles. The molecule has 166 valence electrons. The summed E-state index contributed by atoms with van der Waals surface area (Å²) < 4.78 is 3.15. The Hall–Kier alpha value is -3.30. The van der Waals surface area contributed by atoms with Crippen LogP contribution in [0.4, 0.5) is 0 Å². The molecule has 2 aromatic heterocycles. The molecule has 0 spiro atoms. The molecule has 0 radical (unpaired) electrons. The maximum Gasteiger partial charge on any atom is 0.295 e. The fourth-order valence-corrected chi connectivity index (χ4v) is 4.03. The van der Waals surface area contributed by atoms with Gasteiger partial charge in [0.15, 0.2) is 0 Å². The zero-order chi connectivity index (χ0) is 23.0. The van der Waals surface area contributed by atoms with Crippen molar-refractivity contribution < 1.29 is 19.2 Å². The minimum Gasteiger partial charge on any atom is -0.334 e. The molecule has 1 aliphatic rings. The van der Waals surface area contributed by atoms with E-state index in [-0.39, 0.29) is 13.1 Å². The molecule has 10 heteroatoms. The molecule has 0 aromatic carbocycles. The first kappa shape index (κ1) is 22.4. The van der Waals surface area contributed by atoms with E-state index in [1.54, 1.807) is 51.2 Å². The topological polar surface area (TPSA) is 110 Å². The van der Waals surface area contributed by atoms with Crippen LogP contribution >= 0.6 is 0 Å². The van der Waals surface area contributed by atoms with Gasteiger partial charge in [0.25, 0.3) is 23.4 Å². The van der Waals surface area contributed by atoms with Crippen molar-refractivity contribution >= 4 is 23.4 Å². The van der Waals surface area contributed by atoms with Crippen LogP contribution in [0, 0.1) is 27.7 Å². The van der Waals surface area contributed by atoms with Crippen molar-refractivity contribution in [2.45, 2.75) is 34.1 Å². The second kappa shape index (κ2) is 8.44. The highest BCUT2D eigenvalue weighted by molar-refractivity contribution is 6.44. The van der Waals surface area contributed by atoms with Crippen LogP contribution in [0.2, 0.25) is 0 Å². The van der Waals surface area contributed by atoms with Crippen LogP contribution in [-0.4, -0.2) is 78.9 Å². The van der Waals surface area contributed by atoms with Crippen molar-refractivity contribution in [3.8, 4) is 0 Å². The monoisotopic (exact) mass is 428 g/mol. The molecule has 1 fully saturated rings.